The smallest absolute Gasteiger partial charge is 0.237 e. The van der Waals surface area contributed by atoms with Gasteiger partial charge >= 0.3 is 0 Å². The summed E-state index contributed by atoms with van der Waals surface area (Å²) < 4.78 is 0. The minimum absolute atomic E-state index is 0.134. The fourth-order valence-electron chi connectivity index (χ4n) is 2.35. The molecule has 0 bridgehead atoms. The predicted molar refractivity (Wildman–Crippen MR) is 90.8 cm³/mol. The first kappa shape index (κ1) is 16.5. The van der Waals surface area contributed by atoms with Crippen LogP contribution in [-0.2, 0) is 4.79 Å². The van der Waals surface area contributed by atoms with Crippen molar-refractivity contribution in [2.75, 3.05) is 0 Å². The van der Waals surface area contributed by atoms with Crippen molar-refractivity contribution >= 4 is 17.5 Å². The molecule has 0 fully saturated rings. The molecule has 4 heteroatoms. The van der Waals surface area contributed by atoms with Crippen LogP contribution in [0.15, 0.2) is 54.6 Å². The maximum Gasteiger partial charge on any atom is 0.237 e. The third-order valence-corrected chi connectivity index (χ3v) is 3.81. The van der Waals surface area contributed by atoms with E-state index in [-0.39, 0.29) is 11.9 Å². The van der Waals surface area contributed by atoms with Crippen LogP contribution in [0.1, 0.15) is 36.9 Å². The van der Waals surface area contributed by atoms with Crippen molar-refractivity contribution in [1.82, 2.24) is 5.32 Å². The summed E-state index contributed by atoms with van der Waals surface area (Å²) >= 11 is 5.95. The van der Waals surface area contributed by atoms with Gasteiger partial charge in [0.1, 0.15) is 0 Å². The third kappa shape index (κ3) is 4.33. The average Bonchev–Trinajstić information content (AvgIpc) is 2.54. The summed E-state index contributed by atoms with van der Waals surface area (Å²) in [6.07, 6.45) is 1.56. The van der Waals surface area contributed by atoms with E-state index < -0.39 is 6.04 Å². The molecule has 2 atom stereocenters. The first-order valence-corrected chi connectivity index (χ1v) is 7.86. The summed E-state index contributed by atoms with van der Waals surface area (Å²) in [5.74, 6) is -0.134. The summed E-state index contributed by atoms with van der Waals surface area (Å²) in [5, 5.41) is 3.72. The number of rotatable bonds is 6. The lowest BCUT2D eigenvalue weighted by molar-refractivity contribution is -0.123. The Hall–Kier alpha value is -1.84. The molecule has 3 nitrogen and oxygen atoms in total. The molecule has 0 aromatic heterocycles. The fourth-order valence-corrected chi connectivity index (χ4v) is 2.48. The number of hydrogen-bond donors (Lipinski definition) is 2. The SMILES string of the molecule is CCCC(N)C(=O)NC(c1ccccc1)c1ccc(Cl)cc1. The summed E-state index contributed by atoms with van der Waals surface area (Å²) in [4.78, 5) is 12.3. The van der Waals surface area contributed by atoms with Crippen LogP contribution < -0.4 is 11.1 Å². The molecule has 3 N–H and O–H groups in total. The molecule has 2 aromatic rings. The number of hydrogen-bond acceptors (Lipinski definition) is 2. The molecule has 0 radical (unpaired) electrons. The Morgan fingerprint density at radius 2 is 1.68 bits per heavy atom. The van der Waals surface area contributed by atoms with E-state index in [1.54, 1.807) is 0 Å². The topological polar surface area (TPSA) is 55.1 Å². The molecule has 1 amide bonds. The molecule has 22 heavy (non-hydrogen) atoms. The average molecular weight is 317 g/mol. The van der Waals surface area contributed by atoms with E-state index in [0.29, 0.717) is 11.4 Å². The molecule has 0 saturated heterocycles. The van der Waals surface area contributed by atoms with Gasteiger partial charge in [-0.15, -0.1) is 0 Å². The maximum absolute atomic E-state index is 12.3. The number of amides is 1. The van der Waals surface area contributed by atoms with E-state index >= 15 is 0 Å². The summed E-state index contributed by atoms with van der Waals surface area (Å²) in [7, 11) is 0. The summed E-state index contributed by atoms with van der Waals surface area (Å²) in [6.45, 7) is 2.01. The van der Waals surface area contributed by atoms with Crippen LogP contribution >= 0.6 is 11.6 Å². The van der Waals surface area contributed by atoms with Crippen LogP contribution in [0.25, 0.3) is 0 Å². The first-order valence-electron chi connectivity index (χ1n) is 7.48. The van der Waals surface area contributed by atoms with Crippen LogP contribution in [0.3, 0.4) is 0 Å². The normalized spacial score (nSPS) is 13.4. The van der Waals surface area contributed by atoms with Crippen molar-refractivity contribution in [2.24, 2.45) is 5.73 Å². The minimum Gasteiger partial charge on any atom is -0.344 e. The highest BCUT2D eigenvalue weighted by Gasteiger charge is 2.20. The largest absolute Gasteiger partial charge is 0.344 e. The van der Waals surface area contributed by atoms with Crippen LogP contribution in [-0.4, -0.2) is 11.9 Å². The van der Waals surface area contributed by atoms with E-state index in [1.807, 2.05) is 61.5 Å². The molecule has 116 valence electrons. The first-order chi connectivity index (χ1) is 10.6. The highest BCUT2D eigenvalue weighted by molar-refractivity contribution is 6.30. The maximum atomic E-state index is 12.3. The molecule has 2 aromatic carbocycles. The van der Waals surface area contributed by atoms with E-state index in [0.717, 1.165) is 17.5 Å². The lowest BCUT2D eigenvalue weighted by Gasteiger charge is -2.22. The van der Waals surface area contributed by atoms with Gasteiger partial charge in [-0.05, 0) is 29.7 Å². The number of halogens is 1. The van der Waals surface area contributed by atoms with E-state index in [9.17, 15) is 4.79 Å². The molecule has 2 unspecified atom stereocenters. The van der Waals surface area contributed by atoms with E-state index in [4.69, 9.17) is 17.3 Å². The lowest BCUT2D eigenvalue weighted by atomic mass is 9.98. The Morgan fingerprint density at radius 1 is 1.09 bits per heavy atom. The van der Waals surface area contributed by atoms with Gasteiger partial charge in [-0.2, -0.15) is 0 Å². The number of benzene rings is 2. The van der Waals surface area contributed by atoms with Crippen LogP contribution in [0.4, 0.5) is 0 Å². The van der Waals surface area contributed by atoms with Crippen molar-refractivity contribution < 1.29 is 4.79 Å². The van der Waals surface area contributed by atoms with Gasteiger partial charge in [-0.25, -0.2) is 0 Å². The molecule has 0 saturated carbocycles. The zero-order chi connectivity index (χ0) is 15.9. The Balaban J connectivity index is 2.26. The highest BCUT2D eigenvalue weighted by Crippen LogP contribution is 2.23. The zero-order valence-corrected chi connectivity index (χ0v) is 13.4. The summed E-state index contributed by atoms with van der Waals surface area (Å²) in [6, 6.07) is 16.6. The number of nitrogens with two attached hydrogens (primary N) is 1. The lowest BCUT2D eigenvalue weighted by Crippen LogP contribution is -2.42. The Morgan fingerprint density at radius 3 is 2.27 bits per heavy atom. The minimum atomic E-state index is -0.483. The van der Waals surface area contributed by atoms with Crippen molar-refractivity contribution in [2.45, 2.75) is 31.8 Å². The van der Waals surface area contributed by atoms with Gasteiger partial charge in [0.05, 0.1) is 12.1 Å². The number of nitrogens with one attached hydrogen (secondary N) is 1. The fraction of sp³-hybridized carbons (Fsp3) is 0.278. The van der Waals surface area contributed by atoms with Crippen molar-refractivity contribution in [3.05, 3.63) is 70.7 Å². The number of carbonyl (C=O) groups excluding carboxylic acids is 1. The van der Waals surface area contributed by atoms with Crippen molar-refractivity contribution in [3.8, 4) is 0 Å². The van der Waals surface area contributed by atoms with E-state index in [1.165, 1.54) is 0 Å². The number of carbonyl (C=O) groups is 1. The molecule has 0 aliphatic carbocycles. The van der Waals surface area contributed by atoms with Gasteiger partial charge in [-0.3, -0.25) is 4.79 Å². The van der Waals surface area contributed by atoms with Gasteiger partial charge in [-0.1, -0.05) is 67.4 Å². The zero-order valence-electron chi connectivity index (χ0n) is 12.6. The molecular weight excluding hydrogens is 296 g/mol. The van der Waals surface area contributed by atoms with Gasteiger partial charge in [0.2, 0.25) is 5.91 Å². The van der Waals surface area contributed by atoms with Crippen LogP contribution in [0.5, 0.6) is 0 Å². The van der Waals surface area contributed by atoms with Crippen molar-refractivity contribution in [3.63, 3.8) is 0 Å². The molecule has 0 aliphatic heterocycles. The summed E-state index contributed by atoms with van der Waals surface area (Å²) in [5.41, 5.74) is 7.92. The van der Waals surface area contributed by atoms with Gasteiger partial charge in [0, 0.05) is 5.02 Å². The Bertz CT molecular complexity index is 598. The quantitative estimate of drug-likeness (QED) is 0.854. The monoisotopic (exact) mass is 316 g/mol. The Kier molecular flexibility index (Phi) is 5.99. The Labute approximate surface area is 136 Å². The van der Waals surface area contributed by atoms with E-state index in [2.05, 4.69) is 5.32 Å². The molecule has 0 heterocycles. The predicted octanol–water partition coefficient (Wildman–Crippen LogP) is 3.67. The van der Waals surface area contributed by atoms with Gasteiger partial charge < -0.3 is 11.1 Å². The van der Waals surface area contributed by atoms with Crippen LogP contribution in [0, 0.1) is 0 Å². The molecule has 0 aliphatic rings. The van der Waals surface area contributed by atoms with Gasteiger partial charge in [0.25, 0.3) is 0 Å². The standard InChI is InChI=1S/C18H21ClN2O/c1-2-6-16(20)18(22)21-17(13-7-4-3-5-8-13)14-9-11-15(19)12-10-14/h3-5,7-12,16-17H,2,6,20H2,1H3,(H,21,22). The molecular formula is C18H21ClN2O. The second-order valence-electron chi connectivity index (χ2n) is 5.30. The third-order valence-electron chi connectivity index (χ3n) is 3.56. The highest BCUT2D eigenvalue weighted by atomic mass is 35.5. The second kappa shape index (κ2) is 7.97. The van der Waals surface area contributed by atoms with Crippen LogP contribution in [0.2, 0.25) is 5.02 Å². The van der Waals surface area contributed by atoms with Crippen molar-refractivity contribution in [1.29, 1.82) is 0 Å². The second-order valence-corrected chi connectivity index (χ2v) is 5.74. The molecule has 2 rings (SSSR count). The van der Waals surface area contributed by atoms with Gasteiger partial charge in [0.15, 0.2) is 0 Å². The molecule has 0 spiro atoms.